The van der Waals surface area contributed by atoms with Crippen molar-refractivity contribution in [2.75, 3.05) is 25.6 Å². The second-order valence-corrected chi connectivity index (χ2v) is 3.93. The maximum Gasteiger partial charge on any atom is 0.411 e. The monoisotopic (exact) mass is 280 g/mol. The molecule has 0 saturated heterocycles. The van der Waals surface area contributed by atoms with E-state index in [1.165, 1.54) is 10.6 Å². The van der Waals surface area contributed by atoms with Crippen molar-refractivity contribution in [3.63, 3.8) is 0 Å². The molecule has 1 rings (SSSR count). The fourth-order valence-corrected chi connectivity index (χ4v) is 1.38. The second-order valence-electron chi connectivity index (χ2n) is 3.93. The van der Waals surface area contributed by atoms with Gasteiger partial charge in [0.25, 0.3) is 0 Å². The Hall–Kier alpha value is -1.70. The first-order chi connectivity index (χ1) is 8.79. The Morgan fingerprint density at radius 2 is 2.11 bits per heavy atom. The minimum atomic E-state index is -4.34. The van der Waals surface area contributed by atoms with E-state index in [1.807, 2.05) is 0 Å². The van der Waals surface area contributed by atoms with Gasteiger partial charge >= 0.3 is 12.1 Å². The van der Waals surface area contributed by atoms with Crippen molar-refractivity contribution in [3.8, 4) is 0 Å². The third kappa shape index (κ3) is 5.64. The Balaban J connectivity index is 2.20. The highest BCUT2D eigenvalue weighted by atomic mass is 19.4. The largest absolute Gasteiger partial charge is 0.461 e. The fraction of sp³-hybridized carbons (Fsp3) is 0.545. The van der Waals surface area contributed by atoms with Crippen LogP contribution < -0.4 is 5.73 Å². The Labute approximate surface area is 108 Å². The number of anilines is 1. The lowest BCUT2D eigenvalue weighted by molar-refractivity contribution is -0.174. The van der Waals surface area contributed by atoms with Gasteiger partial charge in [0.2, 0.25) is 0 Å². The van der Waals surface area contributed by atoms with Crippen LogP contribution in [0.25, 0.3) is 0 Å². The van der Waals surface area contributed by atoms with E-state index in [9.17, 15) is 18.0 Å². The van der Waals surface area contributed by atoms with Gasteiger partial charge < -0.3 is 19.8 Å². The van der Waals surface area contributed by atoms with Crippen LogP contribution in [0, 0.1) is 0 Å². The topological polar surface area (TPSA) is 66.5 Å². The zero-order valence-corrected chi connectivity index (χ0v) is 10.4. The lowest BCUT2D eigenvalue weighted by Gasteiger charge is -2.08. The van der Waals surface area contributed by atoms with Crippen LogP contribution in [0.15, 0.2) is 12.3 Å². The lowest BCUT2D eigenvalue weighted by Crippen LogP contribution is -2.18. The third-order valence-electron chi connectivity index (χ3n) is 2.17. The molecule has 0 saturated carbocycles. The molecule has 0 aliphatic rings. The summed E-state index contributed by atoms with van der Waals surface area (Å²) in [4.78, 5) is 11.6. The molecule has 0 aliphatic heterocycles. The predicted octanol–water partition coefficient (Wildman–Crippen LogP) is 1.73. The molecule has 5 nitrogen and oxygen atoms in total. The number of alkyl halides is 3. The van der Waals surface area contributed by atoms with Gasteiger partial charge in [0.15, 0.2) is 0 Å². The molecule has 1 heterocycles. The average molecular weight is 280 g/mol. The normalized spacial score (nSPS) is 11.6. The number of halogens is 3. The van der Waals surface area contributed by atoms with Crippen LogP contribution in [-0.4, -0.2) is 36.5 Å². The highest BCUT2D eigenvalue weighted by molar-refractivity contribution is 5.89. The van der Waals surface area contributed by atoms with Gasteiger partial charge in [-0.3, -0.25) is 0 Å². The van der Waals surface area contributed by atoms with Crippen LogP contribution in [0.4, 0.5) is 18.9 Å². The maximum atomic E-state index is 11.7. The van der Waals surface area contributed by atoms with Gasteiger partial charge in [0, 0.05) is 19.7 Å². The minimum absolute atomic E-state index is 0.0121. The van der Waals surface area contributed by atoms with E-state index >= 15 is 0 Å². The minimum Gasteiger partial charge on any atom is -0.461 e. The first-order valence-corrected chi connectivity index (χ1v) is 5.53. The molecule has 108 valence electrons. The number of hydrogen-bond acceptors (Lipinski definition) is 4. The van der Waals surface area contributed by atoms with E-state index < -0.39 is 18.8 Å². The predicted molar refractivity (Wildman–Crippen MR) is 61.6 cm³/mol. The smallest absolute Gasteiger partial charge is 0.411 e. The number of nitrogen functional groups attached to an aromatic ring is 1. The Morgan fingerprint density at radius 3 is 2.63 bits per heavy atom. The second kappa shape index (κ2) is 6.46. The highest BCUT2D eigenvalue weighted by Crippen LogP contribution is 2.14. The number of nitrogens with zero attached hydrogens (tertiary/aromatic N) is 1. The molecule has 0 fully saturated rings. The number of aryl methyl sites for hydroxylation is 1. The number of carbonyl (C=O) groups is 1. The van der Waals surface area contributed by atoms with Crippen molar-refractivity contribution < 1.29 is 27.4 Å². The van der Waals surface area contributed by atoms with E-state index in [2.05, 4.69) is 4.74 Å². The molecule has 0 aliphatic carbocycles. The standard InChI is InChI=1S/C11H15F3N2O3/c1-16-6-8(15)5-9(16)10(17)19-4-2-3-18-7-11(12,13)14/h5-6H,2-4,7,15H2,1H3. The number of ether oxygens (including phenoxy) is 2. The van der Waals surface area contributed by atoms with E-state index in [4.69, 9.17) is 10.5 Å². The van der Waals surface area contributed by atoms with Gasteiger partial charge in [0.05, 0.1) is 18.9 Å². The molecule has 19 heavy (non-hydrogen) atoms. The number of esters is 1. The molecule has 0 radical (unpaired) electrons. The lowest BCUT2D eigenvalue weighted by atomic mass is 10.4. The molecule has 0 bridgehead atoms. The Bertz CT molecular complexity index is 429. The van der Waals surface area contributed by atoms with Crippen LogP contribution in [0.2, 0.25) is 0 Å². The summed E-state index contributed by atoms with van der Waals surface area (Å²) in [5.74, 6) is -0.574. The quantitative estimate of drug-likeness (QED) is 0.636. The van der Waals surface area contributed by atoms with Crippen LogP contribution in [0.1, 0.15) is 16.9 Å². The SMILES string of the molecule is Cn1cc(N)cc1C(=O)OCCCOCC(F)(F)F. The number of nitrogens with two attached hydrogens (primary N) is 1. The van der Waals surface area contributed by atoms with Crippen LogP contribution in [0.5, 0.6) is 0 Å². The van der Waals surface area contributed by atoms with Crippen molar-refractivity contribution >= 4 is 11.7 Å². The number of carbonyl (C=O) groups excluding carboxylic acids is 1. The first-order valence-electron chi connectivity index (χ1n) is 5.53. The van der Waals surface area contributed by atoms with E-state index in [-0.39, 0.29) is 25.3 Å². The Kier molecular flexibility index (Phi) is 5.22. The summed E-state index contributed by atoms with van der Waals surface area (Å²) < 4.78 is 46.0. The fourth-order valence-electron chi connectivity index (χ4n) is 1.38. The Morgan fingerprint density at radius 1 is 1.42 bits per heavy atom. The van der Waals surface area contributed by atoms with E-state index in [0.717, 1.165) is 0 Å². The zero-order valence-electron chi connectivity index (χ0n) is 10.4. The summed E-state index contributed by atoms with van der Waals surface area (Å²) in [6.07, 6.45) is -2.58. The van der Waals surface area contributed by atoms with E-state index in [1.54, 1.807) is 13.2 Å². The third-order valence-corrected chi connectivity index (χ3v) is 2.17. The molecular weight excluding hydrogens is 265 g/mol. The molecule has 0 amide bonds. The molecule has 1 aromatic rings. The molecular formula is C11H15F3N2O3. The molecule has 0 aromatic carbocycles. The van der Waals surface area contributed by atoms with Crippen LogP contribution >= 0.6 is 0 Å². The summed E-state index contributed by atoms with van der Waals surface area (Å²) >= 11 is 0. The average Bonchev–Trinajstić information content (AvgIpc) is 2.61. The summed E-state index contributed by atoms with van der Waals surface area (Å²) in [6.45, 7) is -1.43. The van der Waals surface area contributed by atoms with Crippen LogP contribution in [0.3, 0.4) is 0 Å². The van der Waals surface area contributed by atoms with Crippen molar-refractivity contribution in [2.45, 2.75) is 12.6 Å². The van der Waals surface area contributed by atoms with Crippen molar-refractivity contribution in [2.24, 2.45) is 7.05 Å². The molecule has 0 spiro atoms. The number of aromatic nitrogens is 1. The first kappa shape index (κ1) is 15.4. The van der Waals surface area contributed by atoms with Gasteiger partial charge in [-0.25, -0.2) is 4.79 Å². The molecule has 0 unspecified atom stereocenters. The maximum absolute atomic E-state index is 11.7. The summed E-state index contributed by atoms with van der Waals surface area (Å²) in [5.41, 5.74) is 6.22. The molecule has 8 heteroatoms. The van der Waals surface area contributed by atoms with Crippen molar-refractivity contribution in [1.29, 1.82) is 0 Å². The van der Waals surface area contributed by atoms with Gasteiger partial charge in [0.1, 0.15) is 12.3 Å². The van der Waals surface area contributed by atoms with E-state index in [0.29, 0.717) is 5.69 Å². The highest BCUT2D eigenvalue weighted by Gasteiger charge is 2.27. The molecule has 1 aromatic heterocycles. The van der Waals surface area contributed by atoms with Crippen molar-refractivity contribution in [1.82, 2.24) is 4.57 Å². The molecule has 0 atom stereocenters. The summed E-state index contributed by atoms with van der Waals surface area (Å²) in [7, 11) is 1.64. The summed E-state index contributed by atoms with van der Waals surface area (Å²) in [5, 5.41) is 0. The van der Waals surface area contributed by atoms with Gasteiger partial charge in [-0.1, -0.05) is 0 Å². The number of hydrogen-bond donors (Lipinski definition) is 1. The number of rotatable bonds is 6. The van der Waals surface area contributed by atoms with Gasteiger partial charge in [-0.05, 0) is 6.07 Å². The van der Waals surface area contributed by atoms with Crippen molar-refractivity contribution in [3.05, 3.63) is 18.0 Å². The van der Waals surface area contributed by atoms with Gasteiger partial charge in [-0.2, -0.15) is 13.2 Å². The zero-order chi connectivity index (χ0) is 14.5. The van der Waals surface area contributed by atoms with Gasteiger partial charge in [-0.15, -0.1) is 0 Å². The summed E-state index contributed by atoms with van der Waals surface area (Å²) in [6, 6.07) is 1.46. The van der Waals surface area contributed by atoms with Crippen LogP contribution in [-0.2, 0) is 16.5 Å². The molecule has 2 N–H and O–H groups in total.